The average Bonchev–Trinajstić information content (AvgIpc) is 3.00. The lowest BCUT2D eigenvalue weighted by atomic mass is 10.2. The first-order valence-electron chi connectivity index (χ1n) is 6.62. The van der Waals surface area contributed by atoms with Gasteiger partial charge in [0.2, 0.25) is 5.91 Å². The molecule has 0 radical (unpaired) electrons. The Kier molecular flexibility index (Phi) is 6.21. The molecule has 1 aromatic heterocycles. The number of benzene rings is 1. The number of carbonyl (C=O) groups is 2. The van der Waals surface area contributed by atoms with Gasteiger partial charge >= 0.3 is 12.2 Å². The van der Waals surface area contributed by atoms with Crippen LogP contribution >= 0.6 is 23.1 Å². The fraction of sp³-hybridized carbons (Fsp3) is 0.214. The van der Waals surface area contributed by atoms with Crippen LogP contribution in [0.25, 0.3) is 11.3 Å². The Labute approximate surface area is 143 Å². The van der Waals surface area contributed by atoms with E-state index in [4.69, 9.17) is 0 Å². The molecule has 0 bridgehead atoms. The highest BCUT2D eigenvalue weighted by Crippen LogP contribution is 2.27. The average molecular weight is 375 g/mol. The fourth-order valence-electron chi connectivity index (χ4n) is 1.58. The predicted octanol–water partition coefficient (Wildman–Crippen LogP) is 3.29. The maximum absolute atomic E-state index is 11.9. The maximum Gasteiger partial charge on any atom is 0.405 e. The maximum atomic E-state index is 11.9. The quantitative estimate of drug-likeness (QED) is 0.787. The van der Waals surface area contributed by atoms with E-state index in [1.165, 1.54) is 11.3 Å². The molecule has 2 rings (SSSR count). The minimum atomic E-state index is -4.52. The number of carbonyl (C=O) groups excluding carboxylic acids is 2. The number of hydrogen-bond acceptors (Lipinski definition) is 5. The van der Waals surface area contributed by atoms with Gasteiger partial charge in [-0.1, -0.05) is 42.1 Å². The van der Waals surface area contributed by atoms with Crippen LogP contribution < -0.4 is 10.6 Å². The van der Waals surface area contributed by atoms with Crippen molar-refractivity contribution in [2.45, 2.75) is 10.5 Å². The molecule has 0 saturated heterocycles. The summed E-state index contributed by atoms with van der Waals surface area (Å²) >= 11 is 2.44. The van der Waals surface area contributed by atoms with Gasteiger partial charge in [-0.2, -0.15) is 13.2 Å². The molecule has 0 fully saturated rings. The van der Waals surface area contributed by atoms with E-state index in [-0.39, 0.29) is 5.75 Å². The first-order valence-corrected chi connectivity index (χ1v) is 8.48. The third-order valence-corrected chi connectivity index (χ3v) is 4.60. The summed E-state index contributed by atoms with van der Waals surface area (Å²) in [6, 6.07) is 8.28. The number of halogens is 3. The second kappa shape index (κ2) is 8.15. The summed E-state index contributed by atoms with van der Waals surface area (Å²) in [5, 5.41) is 5.23. The molecule has 1 heterocycles. The number of thioether (sulfide) groups is 1. The van der Waals surface area contributed by atoms with Crippen LogP contribution in [0, 0.1) is 0 Å². The van der Waals surface area contributed by atoms with Crippen molar-refractivity contribution >= 4 is 35.0 Å². The summed E-state index contributed by atoms with van der Waals surface area (Å²) in [6.07, 6.45) is -4.52. The Bertz CT molecular complexity index is 705. The van der Waals surface area contributed by atoms with Crippen LogP contribution in [0.15, 0.2) is 40.1 Å². The summed E-state index contributed by atoms with van der Waals surface area (Å²) in [4.78, 5) is 27.0. The highest BCUT2D eigenvalue weighted by atomic mass is 32.2. The Hall–Kier alpha value is -2.07. The van der Waals surface area contributed by atoms with Gasteiger partial charge in [-0.15, -0.1) is 11.3 Å². The Balaban J connectivity index is 1.78. The van der Waals surface area contributed by atoms with Crippen molar-refractivity contribution in [3.8, 4) is 11.3 Å². The fourth-order valence-corrected chi connectivity index (χ4v) is 3.21. The van der Waals surface area contributed by atoms with Gasteiger partial charge in [-0.25, -0.2) is 9.78 Å². The van der Waals surface area contributed by atoms with Gasteiger partial charge in [-0.3, -0.25) is 10.1 Å². The molecule has 10 heteroatoms. The molecular formula is C14H12F3N3O2S2. The van der Waals surface area contributed by atoms with Gasteiger partial charge in [0.15, 0.2) is 4.34 Å². The third kappa shape index (κ3) is 6.20. The van der Waals surface area contributed by atoms with Crippen molar-refractivity contribution in [2.75, 3.05) is 12.3 Å². The standard InChI is InChI=1S/C14H12F3N3O2S2/c15-14(16,17)8-18-12(22)20-11(21)7-24-13-19-10(6-23-13)9-4-2-1-3-5-9/h1-6H,7-8H2,(H2,18,20,21,22). The van der Waals surface area contributed by atoms with Gasteiger partial charge in [0.25, 0.3) is 0 Å². The van der Waals surface area contributed by atoms with Crippen LogP contribution in [0.3, 0.4) is 0 Å². The molecule has 0 aliphatic rings. The highest BCUT2D eigenvalue weighted by molar-refractivity contribution is 8.01. The molecule has 0 unspecified atom stereocenters. The second-order valence-electron chi connectivity index (χ2n) is 4.50. The summed E-state index contributed by atoms with van der Waals surface area (Å²) in [6.45, 7) is -1.49. The molecule has 2 aromatic rings. The second-order valence-corrected chi connectivity index (χ2v) is 6.58. The lowest BCUT2D eigenvalue weighted by Crippen LogP contribution is -2.43. The van der Waals surface area contributed by atoms with Crippen LogP contribution in [0.4, 0.5) is 18.0 Å². The number of hydrogen-bond donors (Lipinski definition) is 2. The van der Waals surface area contributed by atoms with Gasteiger partial charge in [0, 0.05) is 10.9 Å². The molecule has 5 nitrogen and oxygen atoms in total. The van der Waals surface area contributed by atoms with E-state index in [2.05, 4.69) is 4.98 Å². The van der Waals surface area contributed by atoms with E-state index in [1.807, 2.05) is 41.0 Å². The van der Waals surface area contributed by atoms with E-state index in [1.54, 1.807) is 5.32 Å². The van der Waals surface area contributed by atoms with Crippen molar-refractivity contribution < 1.29 is 22.8 Å². The van der Waals surface area contributed by atoms with Gasteiger partial charge < -0.3 is 5.32 Å². The molecule has 0 atom stereocenters. The largest absolute Gasteiger partial charge is 0.405 e. The number of alkyl halides is 3. The molecule has 24 heavy (non-hydrogen) atoms. The normalized spacial score (nSPS) is 11.1. The number of aromatic nitrogens is 1. The minimum Gasteiger partial charge on any atom is -0.329 e. The van der Waals surface area contributed by atoms with Crippen LogP contribution in [0.2, 0.25) is 0 Å². The molecule has 2 N–H and O–H groups in total. The zero-order chi connectivity index (χ0) is 17.6. The zero-order valence-corrected chi connectivity index (χ0v) is 13.7. The van der Waals surface area contributed by atoms with Crippen LogP contribution in [0.1, 0.15) is 0 Å². The first-order chi connectivity index (χ1) is 11.3. The zero-order valence-electron chi connectivity index (χ0n) is 12.1. The summed E-state index contributed by atoms with van der Waals surface area (Å²) in [5.74, 6) is -0.822. The van der Waals surface area contributed by atoms with Gasteiger partial charge in [0.1, 0.15) is 6.54 Å². The van der Waals surface area contributed by atoms with E-state index >= 15 is 0 Å². The number of nitrogens with one attached hydrogen (secondary N) is 2. The SMILES string of the molecule is O=C(CSc1nc(-c2ccccc2)cs1)NC(=O)NCC(F)(F)F. The van der Waals surface area contributed by atoms with E-state index < -0.39 is 24.7 Å². The number of rotatable bonds is 5. The molecule has 128 valence electrons. The lowest BCUT2D eigenvalue weighted by molar-refractivity contribution is -0.124. The number of urea groups is 1. The third-order valence-electron chi connectivity index (χ3n) is 2.58. The summed E-state index contributed by atoms with van der Waals surface area (Å²) in [7, 11) is 0. The predicted molar refractivity (Wildman–Crippen MR) is 85.9 cm³/mol. The van der Waals surface area contributed by atoms with Crippen molar-refractivity contribution in [1.82, 2.24) is 15.6 Å². The highest BCUT2D eigenvalue weighted by Gasteiger charge is 2.27. The summed E-state index contributed by atoms with van der Waals surface area (Å²) < 4.78 is 36.4. The van der Waals surface area contributed by atoms with Crippen molar-refractivity contribution in [3.05, 3.63) is 35.7 Å². The molecule has 1 aromatic carbocycles. The first kappa shape index (κ1) is 18.3. The molecular weight excluding hydrogens is 363 g/mol. The number of imide groups is 1. The number of thiazole rings is 1. The Morgan fingerprint density at radius 2 is 1.92 bits per heavy atom. The van der Waals surface area contributed by atoms with Crippen LogP contribution in [-0.2, 0) is 4.79 Å². The van der Waals surface area contributed by atoms with Gasteiger partial charge in [0.05, 0.1) is 11.4 Å². The molecule has 0 saturated carbocycles. The smallest absolute Gasteiger partial charge is 0.329 e. The van der Waals surface area contributed by atoms with Crippen molar-refractivity contribution in [1.29, 1.82) is 0 Å². The van der Waals surface area contributed by atoms with Crippen molar-refractivity contribution in [3.63, 3.8) is 0 Å². The van der Waals surface area contributed by atoms with E-state index in [0.29, 0.717) is 4.34 Å². The minimum absolute atomic E-state index is 0.124. The molecule has 0 aliphatic carbocycles. The number of amides is 3. The number of nitrogens with zero attached hydrogens (tertiary/aromatic N) is 1. The van der Waals surface area contributed by atoms with Crippen LogP contribution in [0.5, 0.6) is 0 Å². The van der Waals surface area contributed by atoms with E-state index in [0.717, 1.165) is 23.0 Å². The summed E-state index contributed by atoms with van der Waals surface area (Å²) in [5.41, 5.74) is 1.71. The van der Waals surface area contributed by atoms with Gasteiger partial charge in [-0.05, 0) is 0 Å². The Morgan fingerprint density at radius 3 is 2.58 bits per heavy atom. The monoisotopic (exact) mass is 375 g/mol. The molecule has 0 aliphatic heterocycles. The van der Waals surface area contributed by atoms with Crippen LogP contribution in [-0.4, -0.2) is 35.4 Å². The Morgan fingerprint density at radius 1 is 1.21 bits per heavy atom. The van der Waals surface area contributed by atoms with Crippen molar-refractivity contribution in [2.24, 2.45) is 0 Å². The molecule has 3 amide bonds. The topological polar surface area (TPSA) is 71.1 Å². The lowest BCUT2D eigenvalue weighted by Gasteiger charge is -2.08. The van der Waals surface area contributed by atoms with E-state index in [9.17, 15) is 22.8 Å². The molecule has 0 spiro atoms.